The molecule has 0 saturated heterocycles. The highest BCUT2D eigenvalue weighted by Gasteiger charge is 2.05. The van der Waals surface area contributed by atoms with Crippen molar-refractivity contribution in [2.45, 2.75) is 20.5 Å². The van der Waals surface area contributed by atoms with Crippen LogP contribution in [0, 0.1) is 13.8 Å². The van der Waals surface area contributed by atoms with Crippen LogP contribution < -0.4 is 0 Å². The minimum absolute atomic E-state index is 0.00651. The van der Waals surface area contributed by atoms with Crippen LogP contribution in [0.4, 0.5) is 0 Å². The number of rotatable bonds is 1. The summed E-state index contributed by atoms with van der Waals surface area (Å²) in [5.74, 6) is 0. The van der Waals surface area contributed by atoms with E-state index in [0.29, 0.717) is 0 Å². The Morgan fingerprint density at radius 2 is 2.15 bits per heavy atom. The highest BCUT2D eigenvalue weighted by Crippen LogP contribution is 2.12. The van der Waals surface area contributed by atoms with E-state index in [2.05, 4.69) is 4.98 Å². The number of aryl methyl sites for hydroxylation is 2. The Balaban J connectivity index is 2.77. The second-order valence-corrected chi connectivity index (χ2v) is 3.24. The molecule has 0 amide bonds. The summed E-state index contributed by atoms with van der Waals surface area (Å²) in [6.45, 7) is 4.01. The van der Waals surface area contributed by atoms with Crippen LogP contribution in [0.2, 0.25) is 0 Å². The molecule has 2 heterocycles. The fraction of sp³-hybridized carbons (Fsp3) is 0.300. The Morgan fingerprint density at radius 1 is 1.38 bits per heavy atom. The summed E-state index contributed by atoms with van der Waals surface area (Å²) in [6, 6.07) is 3.98. The molecule has 0 aliphatic heterocycles. The summed E-state index contributed by atoms with van der Waals surface area (Å²) in [6.07, 6.45) is 2.02. The maximum atomic E-state index is 9.01. The molecule has 3 heteroatoms. The minimum Gasteiger partial charge on any atom is -0.390 e. The third-order valence-corrected chi connectivity index (χ3v) is 2.25. The van der Waals surface area contributed by atoms with Crippen molar-refractivity contribution in [3.63, 3.8) is 0 Å². The number of aliphatic hydroxyl groups excluding tert-OH is 1. The van der Waals surface area contributed by atoms with Gasteiger partial charge in [0.25, 0.3) is 0 Å². The first-order valence-corrected chi connectivity index (χ1v) is 4.27. The maximum Gasteiger partial charge on any atom is 0.137 e. The second kappa shape index (κ2) is 2.85. The van der Waals surface area contributed by atoms with Gasteiger partial charge in [-0.05, 0) is 25.5 Å². The molecule has 0 saturated carbocycles. The summed E-state index contributed by atoms with van der Waals surface area (Å²) in [4.78, 5) is 4.28. The van der Waals surface area contributed by atoms with Gasteiger partial charge in [0.2, 0.25) is 0 Å². The molecule has 0 aromatic carbocycles. The van der Waals surface area contributed by atoms with Crippen LogP contribution in [0.15, 0.2) is 18.3 Å². The quantitative estimate of drug-likeness (QED) is 0.714. The maximum absolute atomic E-state index is 9.01. The molecule has 0 aliphatic rings. The van der Waals surface area contributed by atoms with Crippen molar-refractivity contribution in [3.05, 3.63) is 35.3 Å². The molecule has 68 valence electrons. The van der Waals surface area contributed by atoms with Crippen molar-refractivity contribution in [1.82, 2.24) is 9.38 Å². The molecule has 2 rings (SSSR count). The lowest BCUT2D eigenvalue weighted by molar-refractivity contribution is 0.276. The first-order chi connectivity index (χ1) is 6.22. The first kappa shape index (κ1) is 8.26. The average molecular weight is 176 g/mol. The summed E-state index contributed by atoms with van der Waals surface area (Å²) >= 11 is 0. The molecule has 13 heavy (non-hydrogen) atoms. The van der Waals surface area contributed by atoms with E-state index < -0.39 is 0 Å². The first-order valence-electron chi connectivity index (χ1n) is 4.27. The Labute approximate surface area is 76.7 Å². The summed E-state index contributed by atoms with van der Waals surface area (Å²) < 4.78 is 2.00. The van der Waals surface area contributed by atoms with Gasteiger partial charge in [0.05, 0.1) is 12.3 Å². The van der Waals surface area contributed by atoms with Crippen molar-refractivity contribution in [3.8, 4) is 0 Å². The van der Waals surface area contributed by atoms with Gasteiger partial charge >= 0.3 is 0 Å². The number of aromatic nitrogens is 2. The van der Waals surface area contributed by atoms with Crippen LogP contribution >= 0.6 is 0 Å². The van der Waals surface area contributed by atoms with Gasteiger partial charge in [0, 0.05) is 11.9 Å². The van der Waals surface area contributed by atoms with Crippen molar-refractivity contribution in [1.29, 1.82) is 0 Å². The number of imidazole rings is 1. The summed E-state index contributed by atoms with van der Waals surface area (Å²) in [7, 11) is 0. The molecule has 0 unspecified atom stereocenters. The topological polar surface area (TPSA) is 37.5 Å². The van der Waals surface area contributed by atoms with E-state index in [1.54, 1.807) is 0 Å². The standard InChI is InChI=1S/C10H12N2O/c1-7-3-4-10-11-9(6-13)8(2)12(10)5-7/h3-5,13H,6H2,1-2H3. The van der Waals surface area contributed by atoms with Crippen LogP contribution in [-0.4, -0.2) is 14.5 Å². The molecular weight excluding hydrogens is 164 g/mol. The Hall–Kier alpha value is -1.35. The highest BCUT2D eigenvalue weighted by atomic mass is 16.3. The smallest absolute Gasteiger partial charge is 0.137 e. The predicted octanol–water partition coefficient (Wildman–Crippen LogP) is 1.44. The van der Waals surface area contributed by atoms with Crippen molar-refractivity contribution < 1.29 is 5.11 Å². The van der Waals surface area contributed by atoms with Gasteiger partial charge < -0.3 is 9.51 Å². The fourth-order valence-electron chi connectivity index (χ4n) is 1.47. The third kappa shape index (κ3) is 1.21. The molecule has 2 aromatic rings. The van der Waals surface area contributed by atoms with Gasteiger partial charge in [0.15, 0.2) is 0 Å². The van der Waals surface area contributed by atoms with E-state index in [1.807, 2.05) is 36.6 Å². The van der Waals surface area contributed by atoms with Crippen LogP contribution in [-0.2, 0) is 6.61 Å². The van der Waals surface area contributed by atoms with Crippen molar-refractivity contribution in [2.75, 3.05) is 0 Å². The molecule has 0 bridgehead atoms. The number of nitrogens with zero attached hydrogens (tertiary/aromatic N) is 2. The molecule has 3 nitrogen and oxygen atoms in total. The normalized spacial score (nSPS) is 11.0. The van der Waals surface area contributed by atoms with Gasteiger partial charge in [-0.15, -0.1) is 0 Å². The number of hydrogen-bond donors (Lipinski definition) is 1. The predicted molar refractivity (Wildman–Crippen MR) is 50.6 cm³/mol. The third-order valence-electron chi connectivity index (χ3n) is 2.25. The molecular formula is C10H12N2O. The Bertz CT molecular complexity index is 445. The molecule has 0 fully saturated rings. The fourth-order valence-corrected chi connectivity index (χ4v) is 1.47. The van der Waals surface area contributed by atoms with Gasteiger partial charge in [-0.25, -0.2) is 4.98 Å². The average Bonchev–Trinajstić information content (AvgIpc) is 2.44. The number of aliphatic hydroxyl groups is 1. The van der Waals surface area contributed by atoms with Crippen molar-refractivity contribution in [2.24, 2.45) is 0 Å². The molecule has 0 spiro atoms. The SMILES string of the molecule is Cc1ccc2nc(CO)c(C)n2c1. The lowest BCUT2D eigenvalue weighted by atomic mass is 10.3. The lowest BCUT2D eigenvalue weighted by Crippen LogP contribution is -1.90. The van der Waals surface area contributed by atoms with Gasteiger partial charge in [-0.1, -0.05) is 6.07 Å². The van der Waals surface area contributed by atoms with Gasteiger partial charge in [0.1, 0.15) is 5.65 Å². The lowest BCUT2D eigenvalue weighted by Gasteiger charge is -1.97. The summed E-state index contributed by atoms with van der Waals surface area (Å²) in [5.41, 5.74) is 3.86. The van der Waals surface area contributed by atoms with E-state index in [1.165, 1.54) is 5.56 Å². The number of fused-ring (bicyclic) bond motifs is 1. The van der Waals surface area contributed by atoms with E-state index in [-0.39, 0.29) is 6.61 Å². The van der Waals surface area contributed by atoms with E-state index >= 15 is 0 Å². The Morgan fingerprint density at radius 3 is 2.85 bits per heavy atom. The van der Waals surface area contributed by atoms with Crippen LogP contribution in [0.1, 0.15) is 17.0 Å². The molecule has 0 aliphatic carbocycles. The van der Waals surface area contributed by atoms with Crippen LogP contribution in [0.25, 0.3) is 5.65 Å². The molecule has 2 aromatic heterocycles. The number of pyridine rings is 1. The zero-order chi connectivity index (χ0) is 9.42. The minimum atomic E-state index is 0.00651. The van der Waals surface area contributed by atoms with Crippen LogP contribution in [0.3, 0.4) is 0 Å². The monoisotopic (exact) mass is 176 g/mol. The van der Waals surface area contributed by atoms with E-state index in [9.17, 15) is 0 Å². The summed E-state index contributed by atoms with van der Waals surface area (Å²) in [5, 5.41) is 9.01. The zero-order valence-corrected chi connectivity index (χ0v) is 7.78. The van der Waals surface area contributed by atoms with E-state index in [0.717, 1.165) is 17.0 Å². The number of hydrogen-bond acceptors (Lipinski definition) is 2. The molecule has 0 radical (unpaired) electrons. The Kier molecular flexibility index (Phi) is 1.81. The molecule has 0 atom stereocenters. The zero-order valence-electron chi connectivity index (χ0n) is 7.78. The van der Waals surface area contributed by atoms with E-state index in [4.69, 9.17) is 5.11 Å². The van der Waals surface area contributed by atoms with Crippen molar-refractivity contribution >= 4 is 5.65 Å². The van der Waals surface area contributed by atoms with Gasteiger partial charge in [-0.3, -0.25) is 0 Å². The molecule has 1 N–H and O–H groups in total. The van der Waals surface area contributed by atoms with Crippen LogP contribution in [0.5, 0.6) is 0 Å². The highest BCUT2D eigenvalue weighted by molar-refractivity contribution is 5.44. The largest absolute Gasteiger partial charge is 0.390 e. The van der Waals surface area contributed by atoms with Gasteiger partial charge in [-0.2, -0.15) is 0 Å². The second-order valence-electron chi connectivity index (χ2n) is 3.24.